The second-order valence-electron chi connectivity index (χ2n) is 0.923. The summed E-state index contributed by atoms with van der Waals surface area (Å²) in [7, 11) is 0. The first-order chi connectivity index (χ1) is 6.93. The van der Waals surface area contributed by atoms with Crippen molar-refractivity contribution in [1.29, 1.82) is 0 Å². The molecule has 0 fully saturated rings. The third-order valence-corrected chi connectivity index (χ3v) is 0. The Kier molecular flexibility index (Phi) is 82.5. The van der Waals surface area contributed by atoms with Gasteiger partial charge in [-0.1, -0.05) is 0 Å². The van der Waals surface area contributed by atoms with Gasteiger partial charge in [0.25, 0.3) is 10.2 Å². The summed E-state index contributed by atoms with van der Waals surface area (Å²) in [6.45, 7) is 0. The van der Waals surface area contributed by atoms with Crippen molar-refractivity contribution in [2.45, 2.75) is 0 Å². The van der Waals surface area contributed by atoms with E-state index in [9.17, 15) is 0 Å². The quantitative estimate of drug-likeness (QED) is 0.230. The minimum absolute atomic E-state index is 0. The molecule has 0 bridgehead atoms. The second-order valence-corrected chi connectivity index (χ2v) is 0.923. The van der Waals surface area contributed by atoms with Gasteiger partial charge in [-0.3, -0.25) is 0 Å². The first-order valence-electron chi connectivity index (χ1n) is 2.23. The standard InChI is InChI=1S/Ca.2HNO3.2NO3.2H3N/c;4*2-1(3)4;;/h;2*(H,2,3,4);;;2*1H3/q+2;;;2*-1;;. The molecule has 0 saturated carbocycles. The van der Waals surface area contributed by atoms with Crippen LogP contribution in [0.15, 0.2) is 0 Å². The predicted octanol–water partition coefficient (Wildman–Crippen LogP) is -1.23. The summed E-state index contributed by atoms with van der Waals surface area (Å²) >= 11 is 0. The normalized spacial score (nSPS) is 5.05. The molecule has 0 rings (SSSR count). The van der Waals surface area contributed by atoms with E-state index < -0.39 is 20.3 Å². The molecule has 18 nitrogen and oxygen atoms in total. The van der Waals surface area contributed by atoms with Crippen LogP contribution >= 0.6 is 0 Å². The number of rotatable bonds is 0. The fourth-order valence-corrected chi connectivity index (χ4v) is 0. The van der Waals surface area contributed by atoms with E-state index in [0.717, 1.165) is 0 Å². The topological polar surface area (TPSA) is 329 Å². The molecule has 0 aromatic rings. The summed E-state index contributed by atoms with van der Waals surface area (Å²) < 4.78 is 0. The molecule has 0 radical (unpaired) electrons. The van der Waals surface area contributed by atoms with Crippen LogP contribution in [0.1, 0.15) is 0 Å². The summed E-state index contributed by atoms with van der Waals surface area (Å²) in [4.78, 5) is 33.2. The van der Waals surface area contributed by atoms with Crippen molar-refractivity contribution in [1.82, 2.24) is 12.3 Å². The van der Waals surface area contributed by atoms with Gasteiger partial charge in [-0.2, -0.15) is 0 Å². The van der Waals surface area contributed by atoms with Gasteiger partial charge in [0.15, 0.2) is 0 Å². The maximum absolute atomic E-state index is 8.36. The van der Waals surface area contributed by atoms with E-state index in [1.54, 1.807) is 0 Å². The Morgan fingerprint density at radius 2 is 0.579 bits per heavy atom. The summed E-state index contributed by atoms with van der Waals surface area (Å²) in [6, 6.07) is 0. The van der Waals surface area contributed by atoms with Gasteiger partial charge >= 0.3 is 37.7 Å². The van der Waals surface area contributed by atoms with Crippen LogP contribution in [-0.2, 0) is 0 Å². The van der Waals surface area contributed by atoms with Gasteiger partial charge in [0.1, 0.15) is 0 Å². The van der Waals surface area contributed by atoms with E-state index in [4.69, 9.17) is 61.3 Å². The van der Waals surface area contributed by atoms with E-state index in [2.05, 4.69) is 0 Å². The van der Waals surface area contributed by atoms with Gasteiger partial charge in [0.2, 0.25) is 0 Å². The van der Waals surface area contributed by atoms with E-state index in [0.29, 0.717) is 0 Å². The second kappa shape index (κ2) is 36.0. The van der Waals surface area contributed by atoms with Gasteiger partial charge in [-0.15, -0.1) is 20.2 Å². The Morgan fingerprint density at radius 3 is 0.579 bits per heavy atom. The monoisotopic (exact) mass is 324 g/mol. The van der Waals surface area contributed by atoms with Crippen molar-refractivity contribution < 1.29 is 30.8 Å². The molecule has 0 aliphatic heterocycles. The third-order valence-electron chi connectivity index (χ3n) is 0. The maximum Gasteiger partial charge on any atom is 2.00 e. The fourth-order valence-electron chi connectivity index (χ4n) is 0. The van der Waals surface area contributed by atoms with Crippen LogP contribution in [0.2, 0.25) is 0 Å². The Bertz CT molecular complexity index is 162. The van der Waals surface area contributed by atoms with Gasteiger partial charge in [-0.05, 0) is 0 Å². The van der Waals surface area contributed by atoms with Crippen molar-refractivity contribution in [2.75, 3.05) is 0 Å². The maximum atomic E-state index is 8.36. The molecule has 0 aromatic carbocycles. The minimum Gasteiger partial charge on any atom is -0.356 e. The van der Waals surface area contributed by atoms with Crippen molar-refractivity contribution in [3.05, 3.63) is 50.9 Å². The summed E-state index contributed by atoms with van der Waals surface area (Å²) in [5.41, 5.74) is 0. The van der Waals surface area contributed by atoms with Crippen LogP contribution in [0.3, 0.4) is 0 Å². The molecule has 112 valence electrons. The zero-order valence-corrected chi connectivity index (χ0v) is 11.1. The first kappa shape index (κ1) is 43.5. The largest absolute Gasteiger partial charge is 2.00 e. The van der Waals surface area contributed by atoms with Crippen LogP contribution < -0.4 is 12.3 Å². The van der Waals surface area contributed by atoms with E-state index in [1.807, 2.05) is 0 Å². The molecule has 8 N–H and O–H groups in total. The van der Waals surface area contributed by atoms with Crippen molar-refractivity contribution in [2.24, 2.45) is 0 Å². The predicted molar refractivity (Wildman–Crippen MR) is 54.1 cm³/mol. The van der Waals surface area contributed by atoms with Gasteiger partial charge in [0, 0.05) is 0 Å². The Morgan fingerprint density at radius 1 is 0.579 bits per heavy atom. The average Bonchev–Trinajstić information content (AvgIpc) is 1.76. The smallest absolute Gasteiger partial charge is 0.356 e. The minimum atomic E-state index is -1.75. The molecule has 0 heterocycles. The van der Waals surface area contributed by atoms with E-state index in [-0.39, 0.29) is 50.0 Å². The molecule has 0 aliphatic rings. The molecule has 19 heavy (non-hydrogen) atoms. The first-order valence-corrected chi connectivity index (χ1v) is 2.23. The van der Waals surface area contributed by atoms with Crippen molar-refractivity contribution >= 4 is 37.7 Å². The molecule has 0 atom stereocenters. The van der Waals surface area contributed by atoms with Crippen molar-refractivity contribution in [3.63, 3.8) is 0 Å². The SMILES string of the molecule is N.N.O=[N+]([O-])O.O=[N+]([O-])O.O=[N+]([O-])[O-].O=[N+]([O-])[O-].[Ca+2]. The molecule has 19 heteroatoms. The Balaban J connectivity index is -0.0000000192. The summed E-state index contributed by atoms with van der Waals surface area (Å²) in [5.74, 6) is 0. The third kappa shape index (κ3) is 765. The van der Waals surface area contributed by atoms with Gasteiger partial charge < -0.3 is 53.4 Å². The van der Waals surface area contributed by atoms with Crippen LogP contribution in [-0.4, -0.2) is 68.5 Å². The zero-order chi connectivity index (χ0) is 14.3. The van der Waals surface area contributed by atoms with Gasteiger partial charge in [-0.25, -0.2) is 0 Å². The Hall–Kier alpha value is -2.02. The van der Waals surface area contributed by atoms with Crippen LogP contribution in [0.5, 0.6) is 0 Å². The molecule has 0 aliphatic carbocycles. The van der Waals surface area contributed by atoms with Crippen LogP contribution in [0.4, 0.5) is 0 Å². The molecule has 0 spiro atoms. The Labute approximate surface area is 131 Å². The zero-order valence-electron chi connectivity index (χ0n) is 8.89. The molecule has 0 unspecified atom stereocenters. The molecule has 0 aromatic heterocycles. The molecule has 0 saturated heterocycles. The number of nitrogens with zero attached hydrogens (tertiary/aromatic N) is 4. The number of hydrogen-bond donors (Lipinski definition) is 4. The summed E-state index contributed by atoms with van der Waals surface area (Å²) in [5, 5.41) is 56.8. The van der Waals surface area contributed by atoms with E-state index in [1.165, 1.54) is 0 Å². The summed E-state index contributed by atoms with van der Waals surface area (Å²) in [6.07, 6.45) is 0. The molecular weight excluding hydrogens is 316 g/mol. The van der Waals surface area contributed by atoms with E-state index >= 15 is 0 Å². The average molecular weight is 324 g/mol. The molecule has 0 amide bonds. The van der Waals surface area contributed by atoms with Crippen LogP contribution in [0, 0.1) is 50.9 Å². The fraction of sp³-hybridized carbons (Fsp3) is 0. The van der Waals surface area contributed by atoms with Gasteiger partial charge in [0.05, 0.1) is 10.2 Å². The molecular formula is H8CaN6O12. The number of hydrogen-bond acceptors (Lipinski definition) is 12. The van der Waals surface area contributed by atoms with Crippen molar-refractivity contribution in [3.8, 4) is 0 Å². The van der Waals surface area contributed by atoms with Crippen LogP contribution in [0.25, 0.3) is 0 Å².